The highest BCUT2D eigenvalue weighted by molar-refractivity contribution is 6.18. The number of likely N-dealkylation sites (N-methyl/N-ethyl adjacent to an activating group) is 1. The van der Waals surface area contributed by atoms with Crippen LogP contribution in [-0.2, 0) is 4.74 Å². The first kappa shape index (κ1) is 9.97. The maximum Gasteiger partial charge on any atom is 0.137 e. The van der Waals surface area contributed by atoms with Crippen molar-refractivity contribution >= 4 is 11.6 Å². The Bertz CT molecular complexity index is 291. The molecule has 1 aromatic carbocycles. The van der Waals surface area contributed by atoms with Gasteiger partial charge in [0.1, 0.15) is 6.23 Å². The Morgan fingerprint density at radius 1 is 1.43 bits per heavy atom. The van der Waals surface area contributed by atoms with Gasteiger partial charge < -0.3 is 4.74 Å². The van der Waals surface area contributed by atoms with Gasteiger partial charge in [-0.05, 0) is 12.6 Å². The number of halogens is 1. The van der Waals surface area contributed by atoms with Crippen molar-refractivity contribution in [2.75, 3.05) is 19.5 Å². The van der Waals surface area contributed by atoms with E-state index in [0.29, 0.717) is 5.88 Å². The molecule has 1 aromatic rings. The highest BCUT2D eigenvalue weighted by Crippen LogP contribution is 2.28. The first-order chi connectivity index (χ1) is 6.81. The highest BCUT2D eigenvalue weighted by atomic mass is 35.5. The van der Waals surface area contributed by atoms with E-state index < -0.39 is 0 Å². The lowest BCUT2D eigenvalue weighted by Crippen LogP contribution is -2.19. The van der Waals surface area contributed by atoms with Gasteiger partial charge in [0.15, 0.2) is 0 Å². The summed E-state index contributed by atoms with van der Waals surface area (Å²) < 4.78 is 5.80. The van der Waals surface area contributed by atoms with Gasteiger partial charge in [0.05, 0.1) is 6.10 Å². The standard InChI is InChI=1S/C11H14ClNO/c1-13-8-10(7-12)14-11(13)9-5-3-2-4-6-9/h2-6,10-11H,7-8H2,1H3/t10-,11+/m1/s1. The molecule has 1 aliphatic rings. The predicted molar refractivity (Wildman–Crippen MR) is 57.4 cm³/mol. The molecule has 0 saturated carbocycles. The summed E-state index contributed by atoms with van der Waals surface area (Å²) in [4.78, 5) is 2.18. The van der Waals surface area contributed by atoms with Crippen molar-refractivity contribution in [1.82, 2.24) is 4.90 Å². The molecule has 0 amide bonds. The molecule has 2 rings (SSSR count). The summed E-state index contributed by atoms with van der Waals surface area (Å²) in [7, 11) is 2.06. The lowest BCUT2D eigenvalue weighted by atomic mass is 10.2. The summed E-state index contributed by atoms with van der Waals surface area (Å²) in [6.45, 7) is 0.906. The Morgan fingerprint density at radius 3 is 2.71 bits per heavy atom. The molecule has 0 radical (unpaired) electrons. The molecule has 1 saturated heterocycles. The van der Waals surface area contributed by atoms with Crippen LogP contribution in [0.15, 0.2) is 30.3 Å². The zero-order valence-electron chi connectivity index (χ0n) is 8.19. The number of hydrogen-bond acceptors (Lipinski definition) is 2. The average molecular weight is 212 g/mol. The second-order valence-corrected chi connectivity index (χ2v) is 3.92. The van der Waals surface area contributed by atoms with Crippen molar-refractivity contribution in [1.29, 1.82) is 0 Å². The second-order valence-electron chi connectivity index (χ2n) is 3.62. The Morgan fingerprint density at radius 2 is 2.14 bits per heavy atom. The Hall–Kier alpha value is -0.570. The summed E-state index contributed by atoms with van der Waals surface area (Å²) in [6.07, 6.45) is 0.229. The van der Waals surface area contributed by atoms with Crippen LogP contribution in [0.3, 0.4) is 0 Å². The molecule has 76 valence electrons. The zero-order chi connectivity index (χ0) is 9.97. The van der Waals surface area contributed by atoms with Crippen LogP contribution in [-0.4, -0.2) is 30.5 Å². The number of hydrogen-bond donors (Lipinski definition) is 0. The minimum atomic E-state index is 0.0694. The van der Waals surface area contributed by atoms with E-state index >= 15 is 0 Å². The summed E-state index contributed by atoms with van der Waals surface area (Å²) in [6, 6.07) is 10.2. The van der Waals surface area contributed by atoms with Crippen LogP contribution in [0, 0.1) is 0 Å². The molecule has 0 bridgehead atoms. The lowest BCUT2D eigenvalue weighted by molar-refractivity contribution is 0.0143. The fourth-order valence-corrected chi connectivity index (χ4v) is 1.95. The Labute approximate surface area is 89.4 Å². The number of rotatable bonds is 2. The topological polar surface area (TPSA) is 12.5 Å². The SMILES string of the molecule is CN1C[C@@H](CCl)O[C@H]1c1ccccc1. The summed E-state index contributed by atoms with van der Waals surface area (Å²) in [5.74, 6) is 0.563. The predicted octanol–water partition coefficient (Wildman–Crippen LogP) is 2.25. The molecule has 0 aromatic heterocycles. The summed E-state index contributed by atoms with van der Waals surface area (Å²) in [5.41, 5.74) is 1.20. The van der Waals surface area contributed by atoms with Crippen LogP contribution in [0.5, 0.6) is 0 Å². The van der Waals surface area contributed by atoms with Gasteiger partial charge in [-0.3, -0.25) is 4.90 Å². The third-order valence-electron chi connectivity index (χ3n) is 2.47. The Balaban J connectivity index is 2.13. The van der Waals surface area contributed by atoms with Crippen molar-refractivity contribution < 1.29 is 4.74 Å². The largest absolute Gasteiger partial charge is 0.353 e. The normalized spacial score (nSPS) is 28.1. The van der Waals surface area contributed by atoms with Crippen LogP contribution in [0.2, 0.25) is 0 Å². The number of nitrogens with zero attached hydrogens (tertiary/aromatic N) is 1. The minimum absolute atomic E-state index is 0.0694. The van der Waals surface area contributed by atoms with E-state index in [1.54, 1.807) is 0 Å². The maximum atomic E-state index is 5.80. The van der Waals surface area contributed by atoms with E-state index in [4.69, 9.17) is 16.3 Å². The number of ether oxygens (including phenoxy) is 1. The molecule has 1 fully saturated rings. The average Bonchev–Trinajstić information content (AvgIpc) is 2.61. The smallest absolute Gasteiger partial charge is 0.137 e. The van der Waals surface area contributed by atoms with Gasteiger partial charge in [0, 0.05) is 12.4 Å². The Kier molecular flexibility index (Phi) is 3.06. The van der Waals surface area contributed by atoms with E-state index in [9.17, 15) is 0 Å². The zero-order valence-corrected chi connectivity index (χ0v) is 8.95. The van der Waals surface area contributed by atoms with Gasteiger partial charge in [0.2, 0.25) is 0 Å². The van der Waals surface area contributed by atoms with Crippen molar-refractivity contribution in [2.24, 2.45) is 0 Å². The molecular weight excluding hydrogens is 198 g/mol. The van der Waals surface area contributed by atoms with E-state index in [2.05, 4.69) is 24.1 Å². The van der Waals surface area contributed by atoms with Crippen LogP contribution in [0.1, 0.15) is 11.8 Å². The number of alkyl halides is 1. The van der Waals surface area contributed by atoms with E-state index in [1.807, 2.05) is 18.2 Å². The van der Waals surface area contributed by atoms with Crippen LogP contribution >= 0.6 is 11.6 Å². The molecule has 2 nitrogen and oxygen atoms in total. The van der Waals surface area contributed by atoms with Crippen LogP contribution in [0.4, 0.5) is 0 Å². The van der Waals surface area contributed by atoms with Gasteiger partial charge in [0.25, 0.3) is 0 Å². The third kappa shape index (κ3) is 1.92. The van der Waals surface area contributed by atoms with Crippen molar-refractivity contribution in [2.45, 2.75) is 12.3 Å². The first-order valence-corrected chi connectivity index (χ1v) is 5.31. The molecule has 0 aliphatic carbocycles. The molecular formula is C11H14ClNO. The van der Waals surface area contributed by atoms with Gasteiger partial charge in [-0.2, -0.15) is 0 Å². The first-order valence-electron chi connectivity index (χ1n) is 4.78. The highest BCUT2D eigenvalue weighted by Gasteiger charge is 2.30. The van der Waals surface area contributed by atoms with E-state index in [0.717, 1.165) is 6.54 Å². The monoisotopic (exact) mass is 211 g/mol. The van der Waals surface area contributed by atoms with Crippen LogP contribution < -0.4 is 0 Å². The fourth-order valence-electron chi connectivity index (χ4n) is 1.78. The van der Waals surface area contributed by atoms with E-state index in [-0.39, 0.29) is 12.3 Å². The van der Waals surface area contributed by atoms with Gasteiger partial charge in [-0.1, -0.05) is 30.3 Å². The van der Waals surface area contributed by atoms with Gasteiger partial charge >= 0.3 is 0 Å². The summed E-state index contributed by atoms with van der Waals surface area (Å²) >= 11 is 5.77. The molecule has 1 aliphatic heterocycles. The third-order valence-corrected chi connectivity index (χ3v) is 2.81. The molecule has 14 heavy (non-hydrogen) atoms. The van der Waals surface area contributed by atoms with Gasteiger partial charge in [-0.15, -0.1) is 11.6 Å². The lowest BCUT2D eigenvalue weighted by Gasteiger charge is -2.17. The fraction of sp³-hybridized carbons (Fsp3) is 0.455. The molecule has 0 spiro atoms. The molecule has 0 unspecified atom stereocenters. The molecule has 1 heterocycles. The van der Waals surface area contributed by atoms with Crippen molar-refractivity contribution in [3.63, 3.8) is 0 Å². The maximum absolute atomic E-state index is 5.80. The van der Waals surface area contributed by atoms with Crippen LogP contribution in [0.25, 0.3) is 0 Å². The molecule has 0 N–H and O–H groups in total. The van der Waals surface area contributed by atoms with Gasteiger partial charge in [-0.25, -0.2) is 0 Å². The minimum Gasteiger partial charge on any atom is -0.353 e. The number of benzene rings is 1. The molecule has 2 atom stereocenters. The second kappa shape index (κ2) is 4.30. The van der Waals surface area contributed by atoms with Crippen molar-refractivity contribution in [3.8, 4) is 0 Å². The van der Waals surface area contributed by atoms with Crippen molar-refractivity contribution in [3.05, 3.63) is 35.9 Å². The molecule has 3 heteroatoms. The quantitative estimate of drug-likeness (QED) is 0.696. The van der Waals surface area contributed by atoms with E-state index in [1.165, 1.54) is 5.56 Å². The summed E-state index contributed by atoms with van der Waals surface area (Å²) in [5, 5.41) is 0.